The fourth-order valence-corrected chi connectivity index (χ4v) is 4.05. The highest BCUT2D eigenvalue weighted by Crippen LogP contribution is 2.26. The Kier molecular flexibility index (Phi) is 7.80. The Morgan fingerprint density at radius 3 is 2.20 bits per heavy atom. The van der Waals surface area contributed by atoms with Crippen LogP contribution in [0.4, 0.5) is 0 Å². The van der Waals surface area contributed by atoms with Crippen molar-refractivity contribution in [1.29, 1.82) is 0 Å². The van der Waals surface area contributed by atoms with Crippen LogP contribution < -0.4 is 0 Å². The quantitative estimate of drug-likeness (QED) is 0.631. The van der Waals surface area contributed by atoms with Gasteiger partial charge in [-0.15, -0.1) is 0 Å². The van der Waals surface area contributed by atoms with Crippen LogP contribution in [-0.4, -0.2) is 47.4 Å². The van der Waals surface area contributed by atoms with E-state index >= 15 is 0 Å². The first kappa shape index (κ1) is 20.3. The van der Waals surface area contributed by atoms with Gasteiger partial charge >= 0.3 is 0 Å². The molecule has 0 saturated carbocycles. The fourth-order valence-electron chi connectivity index (χ4n) is 3.73. The maximum Gasteiger partial charge on any atom is 0.227 e. The molecule has 25 heavy (non-hydrogen) atoms. The summed E-state index contributed by atoms with van der Waals surface area (Å²) in [6, 6.07) is 6.04. The summed E-state index contributed by atoms with van der Waals surface area (Å²) in [4.78, 5) is 17.5. The monoisotopic (exact) mass is 382 g/mol. The molecule has 0 bridgehead atoms. The predicted molar refractivity (Wildman–Crippen MR) is 106 cm³/mol. The third-order valence-corrected chi connectivity index (χ3v) is 5.79. The Hall–Kier alpha value is -1.03. The topological polar surface area (TPSA) is 23.6 Å². The number of likely N-dealkylation sites (N-methyl/N-ethyl adjacent to an activating group) is 2. The summed E-state index contributed by atoms with van der Waals surface area (Å²) in [6.07, 6.45) is 6.73. The number of rotatable bonds is 7. The van der Waals surface area contributed by atoms with Crippen molar-refractivity contribution in [2.45, 2.75) is 52.1 Å². The molecule has 1 aliphatic carbocycles. The maximum atomic E-state index is 13.0. The van der Waals surface area contributed by atoms with Gasteiger partial charge in [0.2, 0.25) is 5.91 Å². The summed E-state index contributed by atoms with van der Waals surface area (Å²) in [7, 11) is 0. The van der Waals surface area contributed by atoms with E-state index in [1.807, 2.05) is 11.0 Å². The smallest absolute Gasteiger partial charge is 0.227 e. The molecule has 0 saturated heterocycles. The van der Waals surface area contributed by atoms with Crippen molar-refractivity contribution in [3.8, 4) is 0 Å². The summed E-state index contributed by atoms with van der Waals surface area (Å²) in [5, 5.41) is 1.01. The Labute approximate surface area is 161 Å². The molecule has 0 aliphatic heterocycles. The average molecular weight is 383 g/mol. The van der Waals surface area contributed by atoms with Gasteiger partial charge in [-0.25, -0.2) is 0 Å². The van der Waals surface area contributed by atoms with Gasteiger partial charge in [-0.2, -0.15) is 0 Å². The molecule has 0 N–H and O–H groups in total. The second-order valence-corrected chi connectivity index (χ2v) is 7.22. The van der Waals surface area contributed by atoms with E-state index in [4.69, 9.17) is 23.2 Å². The molecule has 0 spiro atoms. The average Bonchev–Trinajstić information content (AvgIpc) is 2.61. The van der Waals surface area contributed by atoms with Crippen molar-refractivity contribution in [3.05, 3.63) is 46.0 Å². The Morgan fingerprint density at radius 1 is 1.00 bits per heavy atom. The second kappa shape index (κ2) is 9.61. The molecule has 1 aliphatic rings. The van der Waals surface area contributed by atoms with Gasteiger partial charge in [-0.05, 0) is 50.6 Å². The normalized spacial score (nSPS) is 20.1. The third-order valence-electron chi connectivity index (χ3n) is 5.05. The Bertz CT molecular complexity index is 614. The van der Waals surface area contributed by atoms with Crippen LogP contribution in [0.25, 0.3) is 0 Å². The number of nitrogens with zero attached hydrogens (tertiary/aromatic N) is 2. The number of carbonyl (C=O) groups is 1. The molecule has 5 heteroatoms. The van der Waals surface area contributed by atoms with Crippen molar-refractivity contribution < 1.29 is 4.79 Å². The van der Waals surface area contributed by atoms with Crippen LogP contribution in [-0.2, 0) is 11.2 Å². The summed E-state index contributed by atoms with van der Waals surface area (Å²) in [5.41, 5.74) is 0.906. The fraction of sp³-hybridized carbons (Fsp3) is 0.550. The van der Waals surface area contributed by atoms with Crippen molar-refractivity contribution in [1.82, 2.24) is 9.80 Å². The number of hydrogen-bond acceptors (Lipinski definition) is 2. The van der Waals surface area contributed by atoms with E-state index in [9.17, 15) is 4.79 Å². The van der Waals surface area contributed by atoms with Gasteiger partial charge in [0, 0.05) is 12.6 Å². The highest BCUT2D eigenvalue weighted by Gasteiger charge is 2.33. The van der Waals surface area contributed by atoms with Gasteiger partial charge in [0.1, 0.15) is 0 Å². The molecule has 1 amide bonds. The number of halogens is 2. The first-order valence-electron chi connectivity index (χ1n) is 9.14. The van der Waals surface area contributed by atoms with Crippen LogP contribution in [0.15, 0.2) is 30.4 Å². The summed E-state index contributed by atoms with van der Waals surface area (Å²) >= 11 is 12.1. The molecule has 0 radical (unpaired) electrons. The predicted octanol–water partition coefficient (Wildman–Crippen LogP) is 4.81. The molecular weight excluding hydrogens is 355 g/mol. The van der Waals surface area contributed by atoms with Gasteiger partial charge in [0.25, 0.3) is 0 Å². The van der Waals surface area contributed by atoms with E-state index in [-0.39, 0.29) is 11.9 Å². The lowest BCUT2D eigenvalue weighted by Gasteiger charge is -2.42. The largest absolute Gasteiger partial charge is 0.338 e. The van der Waals surface area contributed by atoms with E-state index < -0.39 is 0 Å². The lowest BCUT2D eigenvalue weighted by Crippen LogP contribution is -2.54. The Morgan fingerprint density at radius 2 is 1.64 bits per heavy atom. The highest BCUT2D eigenvalue weighted by atomic mass is 35.5. The van der Waals surface area contributed by atoms with Crippen molar-refractivity contribution in [2.24, 2.45) is 0 Å². The van der Waals surface area contributed by atoms with Crippen LogP contribution in [0.2, 0.25) is 10.0 Å². The zero-order chi connectivity index (χ0) is 18.4. The van der Waals surface area contributed by atoms with Gasteiger partial charge in [0.15, 0.2) is 0 Å². The molecule has 1 aromatic carbocycles. The second-order valence-electron chi connectivity index (χ2n) is 6.40. The molecule has 2 unspecified atom stereocenters. The molecule has 0 aromatic heterocycles. The SMILES string of the molecule is CCN(CC)C1CC=CCC1N(CC)C(=O)Cc1ccc(Cl)c(Cl)c1. The van der Waals surface area contributed by atoms with E-state index in [0.29, 0.717) is 22.5 Å². The minimum absolute atomic E-state index is 0.151. The number of benzene rings is 1. The molecule has 2 rings (SSSR count). The minimum Gasteiger partial charge on any atom is -0.338 e. The van der Waals surface area contributed by atoms with Crippen LogP contribution in [0.1, 0.15) is 39.2 Å². The summed E-state index contributed by atoms with van der Waals surface area (Å²) in [6.45, 7) is 9.16. The van der Waals surface area contributed by atoms with Crippen LogP contribution in [0.5, 0.6) is 0 Å². The minimum atomic E-state index is 0.151. The lowest BCUT2D eigenvalue weighted by atomic mass is 9.92. The number of carbonyl (C=O) groups excluding carboxylic acids is 1. The van der Waals surface area contributed by atoms with Gasteiger partial charge < -0.3 is 4.90 Å². The van der Waals surface area contributed by atoms with Crippen molar-refractivity contribution in [3.63, 3.8) is 0 Å². The van der Waals surface area contributed by atoms with Gasteiger partial charge in [-0.1, -0.05) is 55.3 Å². The first-order valence-corrected chi connectivity index (χ1v) is 9.89. The van der Waals surface area contributed by atoms with Gasteiger partial charge in [0.05, 0.1) is 22.5 Å². The molecule has 1 aromatic rings. The molecule has 138 valence electrons. The Balaban J connectivity index is 2.16. The van der Waals surface area contributed by atoms with Gasteiger partial charge in [-0.3, -0.25) is 9.69 Å². The molecular formula is C20H28Cl2N2O. The van der Waals surface area contributed by atoms with E-state index in [2.05, 4.69) is 37.8 Å². The van der Waals surface area contributed by atoms with E-state index in [1.54, 1.807) is 12.1 Å². The number of hydrogen-bond donors (Lipinski definition) is 0. The zero-order valence-electron chi connectivity index (χ0n) is 15.3. The molecule has 0 heterocycles. The third kappa shape index (κ3) is 4.99. The highest BCUT2D eigenvalue weighted by molar-refractivity contribution is 6.42. The van der Waals surface area contributed by atoms with Crippen LogP contribution in [0.3, 0.4) is 0 Å². The molecule has 0 fully saturated rings. The number of amides is 1. The molecule has 2 atom stereocenters. The maximum absolute atomic E-state index is 13.0. The zero-order valence-corrected chi connectivity index (χ0v) is 16.9. The van der Waals surface area contributed by atoms with Crippen molar-refractivity contribution >= 4 is 29.1 Å². The molecule has 3 nitrogen and oxygen atoms in total. The van der Waals surface area contributed by atoms with Crippen LogP contribution >= 0.6 is 23.2 Å². The van der Waals surface area contributed by atoms with E-state index in [1.165, 1.54) is 0 Å². The summed E-state index contributed by atoms with van der Waals surface area (Å²) < 4.78 is 0. The van der Waals surface area contributed by atoms with Crippen LogP contribution in [0, 0.1) is 0 Å². The lowest BCUT2D eigenvalue weighted by molar-refractivity contribution is -0.134. The van der Waals surface area contributed by atoms with E-state index in [0.717, 1.165) is 38.0 Å². The summed E-state index contributed by atoms with van der Waals surface area (Å²) in [5.74, 6) is 0.151. The first-order chi connectivity index (χ1) is 12.0. The standard InChI is InChI=1S/C20H28Cl2N2O/c1-4-23(5-2)18-9-7-8-10-19(18)24(6-3)20(25)14-15-11-12-16(21)17(22)13-15/h7-8,11-13,18-19H,4-6,9-10,14H2,1-3H3. The van der Waals surface area contributed by atoms with Crippen molar-refractivity contribution in [2.75, 3.05) is 19.6 Å².